The number of methoxy groups -OCH3 is 1. The van der Waals surface area contributed by atoms with Crippen molar-refractivity contribution >= 4 is 45.7 Å². The molecule has 0 aliphatic carbocycles. The molecular formula is C21H23N3OS2. The van der Waals surface area contributed by atoms with E-state index in [1.54, 1.807) is 13.3 Å². The number of fused-ring (bicyclic) bond motifs is 1. The molecule has 3 rings (SSSR count). The van der Waals surface area contributed by atoms with Gasteiger partial charge < -0.3 is 15.4 Å². The van der Waals surface area contributed by atoms with Crippen molar-refractivity contribution < 1.29 is 4.74 Å². The van der Waals surface area contributed by atoms with E-state index < -0.39 is 0 Å². The molecule has 0 amide bonds. The minimum absolute atomic E-state index is 0.612. The summed E-state index contributed by atoms with van der Waals surface area (Å²) < 4.78 is 5.38. The summed E-state index contributed by atoms with van der Waals surface area (Å²) in [5.74, 6) is 2.75. The SMILES string of the molecule is COc1ccc(NC(=S)NCCSCc2cccc(C)c2)c2cccnc12. The highest BCUT2D eigenvalue weighted by Crippen LogP contribution is 2.29. The highest BCUT2D eigenvalue weighted by atomic mass is 32.2. The molecule has 0 saturated heterocycles. The zero-order valence-corrected chi connectivity index (χ0v) is 17.1. The van der Waals surface area contributed by atoms with Crippen LogP contribution in [0.1, 0.15) is 11.1 Å². The van der Waals surface area contributed by atoms with Crippen LogP contribution in [0.2, 0.25) is 0 Å². The third-order valence-corrected chi connectivity index (χ3v) is 5.36. The standard InChI is InChI=1S/C21H23N3OS2/c1-15-5-3-6-16(13-15)14-27-12-11-23-21(26)24-18-8-9-19(25-2)20-17(18)7-4-10-22-20/h3-10,13H,11-12,14H2,1-2H3,(H2,23,24,26). The van der Waals surface area contributed by atoms with Gasteiger partial charge in [-0.3, -0.25) is 4.98 Å². The molecule has 0 bridgehead atoms. The normalized spacial score (nSPS) is 10.6. The lowest BCUT2D eigenvalue weighted by Crippen LogP contribution is -2.30. The minimum atomic E-state index is 0.612. The first-order valence-corrected chi connectivity index (χ1v) is 10.3. The van der Waals surface area contributed by atoms with Crippen LogP contribution in [0.3, 0.4) is 0 Å². The Morgan fingerprint density at radius 3 is 2.89 bits per heavy atom. The van der Waals surface area contributed by atoms with Crippen LogP contribution < -0.4 is 15.4 Å². The second-order valence-electron chi connectivity index (χ2n) is 6.14. The Hall–Kier alpha value is -2.31. The monoisotopic (exact) mass is 397 g/mol. The van der Waals surface area contributed by atoms with Gasteiger partial charge in [-0.05, 0) is 49.0 Å². The lowest BCUT2D eigenvalue weighted by molar-refractivity contribution is 0.419. The largest absolute Gasteiger partial charge is 0.494 e. The second kappa shape index (κ2) is 9.58. The number of rotatable bonds is 7. The third kappa shape index (κ3) is 5.34. The fourth-order valence-corrected chi connectivity index (χ4v) is 3.83. The first kappa shape index (κ1) is 19.5. The van der Waals surface area contributed by atoms with Gasteiger partial charge in [-0.15, -0.1) is 0 Å². The van der Waals surface area contributed by atoms with E-state index in [1.165, 1.54) is 11.1 Å². The highest BCUT2D eigenvalue weighted by Gasteiger charge is 2.08. The number of thiocarbonyl (C=S) groups is 1. The number of nitrogens with zero attached hydrogens (tertiary/aromatic N) is 1. The molecule has 0 unspecified atom stereocenters. The zero-order chi connectivity index (χ0) is 19.1. The summed E-state index contributed by atoms with van der Waals surface area (Å²) in [6.07, 6.45) is 1.76. The van der Waals surface area contributed by atoms with Crippen LogP contribution >= 0.6 is 24.0 Å². The second-order valence-corrected chi connectivity index (χ2v) is 7.65. The van der Waals surface area contributed by atoms with Gasteiger partial charge in [0.15, 0.2) is 5.11 Å². The molecule has 4 nitrogen and oxygen atoms in total. The van der Waals surface area contributed by atoms with Gasteiger partial charge >= 0.3 is 0 Å². The Bertz CT molecular complexity index is 930. The van der Waals surface area contributed by atoms with E-state index in [0.29, 0.717) is 5.11 Å². The number of hydrogen-bond donors (Lipinski definition) is 2. The van der Waals surface area contributed by atoms with Crippen LogP contribution in [-0.4, -0.2) is 29.5 Å². The average molecular weight is 398 g/mol. The molecule has 1 heterocycles. The first-order chi connectivity index (χ1) is 13.2. The lowest BCUT2D eigenvalue weighted by Gasteiger charge is -2.13. The maximum atomic E-state index is 5.44. The van der Waals surface area contributed by atoms with Crippen LogP contribution in [0.4, 0.5) is 5.69 Å². The molecule has 3 aromatic rings. The summed E-state index contributed by atoms with van der Waals surface area (Å²) in [6.45, 7) is 2.94. The van der Waals surface area contributed by atoms with Gasteiger partial charge in [0, 0.05) is 35.3 Å². The van der Waals surface area contributed by atoms with E-state index in [2.05, 4.69) is 46.8 Å². The topological polar surface area (TPSA) is 46.2 Å². The summed E-state index contributed by atoms with van der Waals surface area (Å²) in [5.41, 5.74) is 4.40. The number of ether oxygens (including phenoxy) is 1. The number of hydrogen-bond acceptors (Lipinski definition) is 4. The smallest absolute Gasteiger partial charge is 0.170 e. The van der Waals surface area contributed by atoms with Gasteiger partial charge in [-0.1, -0.05) is 29.8 Å². The molecule has 0 spiro atoms. The number of nitrogens with one attached hydrogen (secondary N) is 2. The van der Waals surface area contributed by atoms with Gasteiger partial charge in [-0.25, -0.2) is 0 Å². The van der Waals surface area contributed by atoms with Gasteiger partial charge in [0.05, 0.1) is 7.11 Å². The van der Waals surface area contributed by atoms with E-state index in [9.17, 15) is 0 Å². The van der Waals surface area contributed by atoms with Crippen LogP contribution in [0.25, 0.3) is 10.9 Å². The number of benzene rings is 2. The molecule has 0 fully saturated rings. The van der Waals surface area contributed by atoms with E-state index in [1.807, 2.05) is 36.0 Å². The molecule has 0 saturated carbocycles. The van der Waals surface area contributed by atoms with E-state index >= 15 is 0 Å². The number of anilines is 1. The quantitative estimate of drug-likeness (QED) is 0.442. The van der Waals surface area contributed by atoms with Crippen LogP contribution in [0, 0.1) is 6.92 Å². The van der Waals surface area contributed by atoms with Gasteiger partial charge in [-0.2, -0.15) is 11.8 Å². The summed E-state index contributed by atoms with van der Waals surface area (Å²) in [5, 5.41) is 8.13. The summed E-state index contributed by atoms with van der Waals surface area (Å²) in [7, 11) is 1.65. The van der Waals surface area contributed by atoms with Crippen LogP contribution in [0.15, 0.2) is 54.7 Å². The Labute approximate surface area is 169 Å². The Morgan fingerprint density at radius 1 is 1.19 bits per heavy atom. The minimum Gasteiger partial charge on any atom is -0.494 e. The van der Waals surface area contributed by atoms with Crippen molar-refractivity contribution in [1.29, 1.82) is 0 Å². The van der Waals surface area contributed by atoms with Crippen molar-refractivity contribution in [2.75, 3.05) is 24.7 Å². The number of aromatic nitrogens is 1. The average Bonchev–Trinajstić information content (AvgIpc) is 2.68. The molecule has 2 N–H and O–H groups in total. The fraction of sp³-hybridized carbons (Fsp3) is 0.238. The molecule has 2 aromatic carbocycles. The first-order valence-electron chi connectivity index (χ1n) is 8.77. The Balaban J connectivity index is 1.49. The van der Waals surface area contributed by atoms with E-state index in [4.69, 9.17) is 17.0 Å². The number of pyridine rings is 1. The maximum Gasteiger partial charge on any atom is 0.170 e. The van der Waals surface area contributed by atoms with Crippen molar-refractivity contribution in [3.8, 4) is 5.75 Å². The number of aryl methyl sites for hydroxylation is 1. The van der Waals surface area contributed by atoms with Crippen molar-refractivity contribution in [2.45, 2.75) is 12.7 Å². The van der Waals surface area contributed by atoms with Gasteiger partial charge in [0.25, 0.3) is 0 Å². The summed E-state index contributed by atoms with van der Waals surface area (Å²) in [4.78, 5) is 4.41. The highest BCUT2D eigenvalue weighted by molar-refractivity contribution is 7.98. The van der Waals surface area contributed by atoms with E-state index in [0.717, 1.165) is 40.4 Å². The fourth-order valence-electron chi connectivity index (χ4n) is 2.82. The Kier molecular flexibility index (Phi) is 6.90. The molecule has 6 heteroatoms. The molecule has 1 aromatic heterocycles. The summed E-state index contributed by atoms with van der Waals surface area (Å²) >= 11 is 7.33. The molecule has 140 valence electrons. The molecular weight excluding hydrogens is 374 g/mol. The predicted octanol–water partition coefficient (Wildman–Crippen LogP) is 4.77. The Morgan fingerprint density at radius 2 is 2.07 bits per heavy atom. The molecule has 0 aliphatic heterocycles. The van der Waals surface area contributed by atoms with Crippen LogP contribution in [0.5, 0.6) is 5.75 Å². The van der Waals surface area contributed by atoms with E-state index in [-0.39, 0.29) is 0 Å². The number of thioether (sulfide) groups is 1. The van der Waals surface area contributed by atoms with Crippen molar-refractivity contribution in [2.24, 2.45) is 0 Å². The van der Waals surface area contributed by atoms with Crippen molar-refractivity contribution in [3.63, 3.8) is 0 Å². The predicted molar refractivity (Wildman–Crippen MR) is 120 cm³/mol. The maximum absolute atomic E-state index is 5.44. The molecule has 0 radical (unpaired) electrons. The lowest BCUT2D eigenvalue weighted by atomic mass is 10.1. The van der Waals surface area contributed by atoms with Crippen LogP contribution in [-0.2, 0) is 5.75 Å². The van der Waals surface area contributed by atoms with Crippen molar-refractivity contribution in [3.05, 3.63) is 65.9 Å². The zero-order valence-electron chi connectivity index (χ0n) is 15.5. The third-order valence-electron chi connectivity index (χ3n) is 4.08. The summed E-state index contributed by atoms with van der Waals surface area (Å²) in [6, 6.07) is 16.4. The molecule has 27 heavy (non-hydrogen) atoms. The van der Waals surface area contributed by atoms with Gasteiger partial charge in [0.1, 0.15) is 11.3 Å². The molecule has 0 atom stereocenters. The van der Waals surface area contributed by atoms with Crippen molar-refractivity contribution in [1.82, 2.24) is 10.3 Å². The van der Waals surface area contributed by atoms with Gasteiger partial charge in [0.2, 0.25) is 0 Å². The molecule has 0 aliphatic rings.